The molecular weight excluding hydrogens is 846 g/mol. The number of imidazole rings is 2. The smallest absolute Gasteiger partial charge is 0.407 e. The van der Waals surface area contributed by atoms with E-state index in [0.717, 1.165) is 52.7 Å². The van der Waals surface area contributed by atoms with E-state index in [0.29, 0.717) is 48.2 Å². The number of aromatic amines is 2. The van der Waals surface area contributed by atoms with Crippen molar-refractivity contribution in [2.75, 3.05) is 27.3 Å². The van der Waals surface area contributed by atoms with Gasteiger partial charge in [0.05, 0.1) is 61.3 Å². The molecule has 0 saturated carbocycles. The molecule has 0 radical (unpaired) electrons. The maximum Gasteiger partial charge on any atom is 0.407 e. The molecule has 0 spiro atoms. The molecule has 1 unspecified atom stereocenters. The number of halogens is 1. The number of fused-ring (bicyclic) bond motifs is 5. The number of likely N-dealkylation sites (tertiary alicyclic amines) is 2. The van der Waals surface area contributed by atoms with Crippen LogP contribution in [0.15, 0.2) is 79.1 Å². The topological polar surface area (TPSA) is 189 Å². The second-order valence-corrected chi connectivity index (χ2v) is 17.8. The van der Waals surface area contributed by atoms with Crippen molar-refractivity contribution in [1.82, 2.24) is 44.9 Å². The number of amides is 4. The molecule has 3 aliphatic heterocycles. The SMILES string of the molecule is COC(=O)N[C@H](C(=O)N1CCC[C@H]1c1ncc(-c2ccc3c(c2)cc2n3C(c3ccccc3)Oc3cc(-c4cnc([C@@H]5CCCN5C(=O)[C@@H](NC(=O)OC)C(C)C)[nH]4)c(F)cc3-2)[nH]1)C(C)C. The Labute approximate surface area is 381 Å². The second-order valence-electron chi connectivity index (χ2n) is 17.8. The van der Waals surface area contributed by atoms with Crippen molar-refractivity contribution >= 4 is 34.9 Å². The highest BCUT2D eigenvalue weighted by atomic mass is 19.1. The van der Waals surface area contributed by atoms with E-state index in [2.05, 4.69) is 36.2 Å². The third-order valence-electron chi connectivity index (χ3n) is 13.0. The summed E-state index contributed by atoms with van der Waals surface area (Å²) in [5, 5.41) is 6.28. The van der Waals surface area contributed by atoms with E-state index in [9.17, 15) is 19.2 Å². The van der Waals surface area contributed by atoms with Gasteiger partial charge in [-0.2, -0.15) is 0 Å². The van der Waals surface area contributed by atoms with E-state index in [1.54, 1.807) is 28.3 Å². The predicted octanol–water partition coefficient (Wildman–Crippen LogP) is 8.26. The normalized spacial score (nSPS) is 18.8. The molecule has 6 heterocycles. The summed E-state index contributed by atoms with van der Waals surface area (Å²) in [5.74, 6) is 0.462. The Hall–Kier alpha value is -7.17. The molecule has 0 aliphatic carbocycles. The van der Waals surface area contributed by atoms with Gasteiger partial charge in [-0.1, -0.05) is 64.1 Å². The first-order valence-corrected chi connectivity index (χ1v) is 22.5. The van der Waals surface area contributed by atoms with Crippen molar-refractivity contribution in [3.05, 3.63) is 102 Å². The van der Waals surface area contributed by atoms with Gasteiger partial charge in [0.2, 0.25) is 18.0 Å². The Morgan fingerprint density at radius 3 is 1.89 bits per heavy atom. The van der Waals surface area contributed by atoms with Crippen LogP contribution in [0.1, 0.15) is 88.9 Å². The third kappa shape index (κ3) is 8.11. The Balaban J connectivity index is 1.02. The van der Waals surface area contributed by atoms with Crippen LogP contribution in [0, 0.1) is 17.7 Å². The standard InChI is InChI=1S/C49H54FN9O7/c1-26(2)41(55-48(62)64-5)45(60)57-18-10-14-37(57)43-51-24-34(53-43)29-16-17-36-30(20-29)21-39-32-22-33(50)31(23-40(32)66-47(59(36)39)28-12-8-7-9-13-28)35-25-52-44(54-35)38-15-11-19-58(38)46(61)42(27(3)4)56-49(63)65-6/h7-9,12-13,16-17,20-27,37-38,41-42,47H,10-11,14-15,18-19H2,1-6H3,(H,51,53)(H,52,54)(H,55,62)(H,56,63)/t37-,38-,41-,42-,47?/m0/s1. The van der Waals surface area contributed by atoms with Gasteiger partial charge in [0.25, 0.3) is 0 Å². The van der Waals surface area contributed by atoms with Crippen LogP contribution >= 0.6 is 0 Å². The molecule has 17 heteroatoms. The number of methoxy groups -OCH3 is 2. The summed E-state index contributed by atoms with van der Waals surface area (Å²) in [7, 11) is 2.54. The zero-order valence-electron chi connectivity index (χ0n) is 37.8. The lowest BCUT2D eigenvalue weighted by Gasteiger charge is -2.30. The minimum Gasteiger partial charge on any atom is -0.465 e. The summed E-state index contributed by atoms with van der Waals surface area (Å²) in [5.41, 5.74) is 5.52. The molecule has 66 heavy (non-hydrogen) atoms. The molecule has 9 rings (SSSR count). The van der Waals surface area contributed by atoms with Gasteiger partial charge in [-0.25, -0.2) is 23.9 Å². The van der Waals surface area contributed by atoms with Crippen molar-refractivity contribution in [2.45, 2.75) is 83.8 Å². The minimum absolute atomic E-state index is 0.150. The Bertz CT molecular complexity index is 2800. The summed E-state index contributed by atoms with van der Waals surface area (Å²) in [6, 6.07) is 19.0. The number of rotatable bonds is 11. The van der Waals surface area contributed by atoms with Crippen LogP contribution in [0.25, 0.3) is 44.7 Å². The van der Waals surface area contributed by atoms with Crippen molar-refractivity contribution in [1.29, 1.82) is 0 Å². The molecule has 5 atom stereocenters. The fraction of sp³-hybridized carbons (Fsp3) is 0.388. The van der Waals surface area contributed by atoms with E-state index in [1.807, 2.05) is 76.2 Å². The Morgan fingerprint density at radius 1 is 0.742 bits per heavy atom. The third-order valence-corrected chi connectivity index (χ3v) is 13.0. The van der Waals surface area contributed by atoms with Gasteiger partial charge in [-0.05, 0) is 67.9 Å². The van der Waals surface area contributed by atoms with Gasteiger partial charge in [0, 0.05) is 40.7 Å². The first-order chi connectivity index (χ1) is 31.8. The summed E-state index contributed by atoms with van der Waals surface area (Å²) < 4.78 is 35.0. The van der Waals surface area contributed by atoms with Crippen LogP contribution in [0.3, 0.4) is 0 Å². The van der Waals surface area contributed by atoms with Gasteiger partial charge >= 0.3 is 12.2 Å². The second kappa shape index (κ2) is 18.0. The predicted molar refractivity (Wildman–Crippen MR) is 243 cm³/mol. The number of alkyl carbamates (subject to hydrolysis) is 2. The lowest BCUT2D eigenvalue weighted by atomic mass is 10.0. The summed E-state index contributed by atoms with van der Waals surface area (Å²) in [6.07, 6.45) is 4.37. The lowest BCUT2D eigenvalue weighted by molar-refractivity contribution is -0.136. The van der Waals surface area contributed by atoms with Crippen LogP contribution in [-0.2, 0) is 19.1 Å². The largest absolute Gasteiger partial charge is 0.465 e. The van der Waals surface area contributed by atoms with Crippen LogP contribution in [0.4, 0.5) is 14.0 Å². The Kier molecular flexibility index (Phi) is 12.0. The van der Waals surface area contributed by atoms with Gasteiger partial charge in [-0.3, -0.25) is 9.59 Å². The van der Waals surface area contributed by atoms with Gasteiger partial charge < -0.3 is 49.2 Å². The molecule has 3 aliphatic rings. The molecule has 344 valence electrons. The molecule has 2 saturated heterocycles. The average Bonchev–Trinajstić information content (AvgIpc) is 4.18. The zero-order chi connectivity index (χ0) is 46.4. The highest BCUT2D eigenvalue weighted by Gasteiger charge is 2.39. The van der Waals surface area contributed by atoms with Crippen LogP contribution in [-0.4, -0.2) is 97.7 Å². The van der Waals surface area contributed by atoms with E-state index < -0.39 is 36.3 Å². The monoisotopic (exact) mass is 899 g/mol. The van der Waals surface area contributed by atoms with E-state index in [1.165, 1.54) is 20.3 Å². The summed E-state index contributed by atoms with van der Waals surface area (Å²) in [4.78, 5) is 71.4. The number of hydrogen-bond acceptors (Lipinski definition) is 9. The maximum atomic E-state index is 16.5. The van der Waals surface area contributed by atoms with E-state index >= 15 is 4.39 Å². The van der Waals surface area contributed by atoms with Crippen molar-refractivity contribution in [3.63, 3.8) is 0 Å². The summed E-state index contributed by atoms with van der Waals surface area (Å²) in [6.45, 7) is 8.53. The number of carbonyl (C=O) groups excluding carboxylic acids is 4. The Morgan fingerprint density at radius 2 is 1.32 bits per heavy atom. The summed E-state index contributed by atoms with van der Waals surface area (Å²) >= 11 is 0. The highest BCUT2D eigenvalue weighted by Crippen LogP contribution is 2.47. The van der Waals surface area contributed by atoms with Crippen LogP contribution in [0.5, 0.6) is 5.75 Å². The van der Waals surface area contributed by atoms with Gasteiger partial charge in [0.15, 0.2) is 0 Å². The first-order valence-electron chi connectivity index (χ1n) is 22.5. The lowest BCUT2D eigenvalue weighted by Crippen LogP contribution is -2.51. The number of ether oxygens (including phenoxy) is 3. The molecule has 4 amide bonds. The van der Waals surface area contributed by atoms with Crippen LogP contribution < -0.4 is 15.4 Å². The average molecular weight is 900 g/mol. The van der Waals surface area contributed by atoms with E-state index in [-0.39, 0.29) is 41.3 Å². The molecular formula is C49H54FN9O7. The highest BCUT2D eigenvalue weighted by molar-refractivity contribution is 5.93. The van der Waals surface area contributed by atoms with Crippen molar-refractivity contribution < 1.29 is 37.8 Å². The number of H-pyrrole nitrogens is 2. The van der Waals surface area contributed by atoms with E-state index in [4.69, 9.17) is 19.2 Å². The minimum atomic E-state index is -0.782. The molecule has 16 nitrogen and oxygen atoms in total. The molecule has 0 bridgehead atoms. The van der Waals surface area contributed by atoms with Crippen molar-refractivity contribution in [3.8, 4) is 39.5 Å². The molecule has 2 fully saturated rings. The van der Waals surface area contributed by atoms with Gasteiger partial charge in [0.1, 0.15) is 35.3 Å². The number of nitrogens with zero attached hydrogens (tertiary/aromatic N) is 5. The quantitative estimate of drug-likeness (QED) is 0.0993. The zero-order valence-corrected chi connectivity index (χ0v) is 37.8. The molecule has 6 aromatic rings. The first kappa shape index (κ1) is 44.1. The molecule has 4 N–H and O–H groups in total. The van der Waals surface area contributed by atoms with Crippen LogP contribution in [0.2, 0.25) is 0 Å². The number of nitrogens with one attached hydrogen (secondary N) is 4. The molecule has 3 aromatic carbocycles. The number of benzene rings is 3. The number of carbonyl (C=O) groups is 4. The number of aromatic nitrogens is 5. The number of hydrogen-bond donors (Lipinski definition) is 4. The van der Waals surface area contributed by atoms with Crippen molar-refractivity contribution in [2.24, 2.45) is 11.8 Å². The maximum absolute atomic E-state index is 16.5. The fourth-order valence-electron chi connectivity index (χ4n) is 9.61. The van der Waals surface area contributed by atoms with Gasteiger partial charge in [-0.15, -0.1) is 0 Å². The fourth-order valence-corrected chi connectivity index (χ4v) is 9.61. The molecule has 3 aromatic heterocycles.